The Labute approximate surface area is 203 Å². The highest BCUT2D eigenvalue weighted by molar-refractivity contribution is 5.95. The first-order chi connectivity index (χ1) is 16.7. The van der Waals surface area contributed by atoms with Crippen LogP contribution >= 0.6 is 0 Å². The Bertz CT molecular complexity index is 1030. The zero-order valence-corrected chi connectivity index (χ0v) is 20.1. The van der Waals surface area contributed by atoms with Gasteiger partial charge in [-0.15, -0.1) is 0 Å². The van der Waals surface area contributed by atoms with Crippen LogP contribution in [0, 0.1) is 0 Å². The first-order valence-corrected chi connectivity index (χ1v) is 12.3. The van der Waals surface area contributed by atoms with E-state index in [2.05, 4.69) is 6.92 Å². The van der Waals surface area contributed by atoms with Crippen molar-refractivity contribution in [3.8, 4) is 0 Å². The van der Waals surface area contributed by atoms with Gasteiger partial charge in [-0.25, -0.2) is 4.79 Å². The van der Waals surface area contributed by atoms with Crippen LogP contribution in [0.5, 0.6) is 0 Å². The van der Waals surface area contributed by atoms with Crippen LogP contribution in [0.25, 0.3) is 10.8 Å². The molecule has 0 heterocycles. The van der Waals surface area contributed by atoms with Gasteiger partial charge in [0.25, 0.3) is 0 Å². The molecule has 0 radical (unpaired) electrons. The van der Waals surface area contributed by atoms with E-state index in [-0.39, 0.29) is 18.7 Å². The van der Waals surface area contributed by atoms with E-state index in [4.69, 9.17) is 9.47 Å². The molecule has 34 heavy (non-hydrogen) atoms. The minimum Gasteiger partial charge on any atom is -0.458 e. The summed E-state index contributed by atoms with van der Waals surface area (Å²) in [5.41, 5.74) is 1.65. The number of ether oxygens (including phenoxy) is 2. The van der Waals surface area contributed by atoms with E-state index in [0.29, 0.717) is 12.2 Å². The summed E-state index contributed by atoms with van der Waals surface area (Å²) in [6, 6.07) is 23.6. The number of esters is 1. The largest absolute Gasteiger partial charge is 0.458 e. The third kappa shape index (κ3) is 8.44. The highest BCUT2D eigenvalue weighted by Crippen LogP contribution is 2.18. The summed E-state index contributed by atoms with van der Waals surface area (Å²) in [7, 11) is 0. The van der Waals surface area contributed by atoms with Crippen molar-refractivity contribution < 1.29 is 19.4 Å². The van der Waals surface area contributed by atoms with E-state index >= 15 is 0 Å². The van der Waals surface area contributed by atoms with Crippen LogP contribution in [0.2, 0.25) is 0 Å². The van der Waals surface area contributed by atoms with Crippen LogP contribution in [0.1, 0.15) is 61.4 Å². The summed E-state index contributed by atoms with van der Waals surface area (Å²) in [6.07, 6.45) is 8.61. The van der Waals surface area contributed by atoms with E-state index < -0.39 is 6.10 Å². The van der Waals surface area contributed by atoms with E-state index in [1.807, 2.05) is 78.9 Å². The van der Waals surface area contributed by atoms with Crippen LogP contribution in [0.15, 0.2) is 84.9 Å². The van der Waals surface area contributed by atoms with Crippen LogP contribution in [-0.4, -0.2) is 29.9 Å². The molecule has 0 amide bonds. The molecule has 1 N–H and O–H groups in total. The second-order valence-electron chi connectivity index (χ2n) is 8.61. The Morgan fingerprint density at radius 2 is 1.68 bits per heavy atom. The molecule has 0 saturated heterocycles. The van der Waals surface area contributed by atoms with Gasteiger partial charge in [-0.05, 0) is 47.7 Å². The number of hydrogen-bond acceptors (Lipinski definition) is 4. The average molecular weight is 461 g/mol. The fourth-order valence-corrected chi connectivity index (χ4v) is 3.92. The van der Waals surface area contributed by atoms with E-state index in [1.54, 1.807) is 6.07 Å². The van der Waals surface area contributed by atoms with E-state index in [0.717, 1.165) is 54.9 Å². The number of rotatable bonds is 14. The molecule has 0 saturated carbocycles. The molecule has 4 heteroatoms. The van der Waals surface area contributed by atoms with E-state index in [9.17, 15) is 9.90 Å². The molecule has 0 aliphatic carbocycles. The van der Waals surface area contributed by atoms with Crippen molar-refractivity contribution >= 4 is 16.7 Å². The molecule has 0 spiro atoms. The lowest BCUT2D eigenvalue weighted by Gasteiger charge is -2.23. The highest BCUT2D eigenvalue weighted by atomic mass is 16.5. The van der Waals surface area contributed by atoms with Crippen molar-refractivity contribution in [3.05, 3.63) is 96.1 Å². The van der Waals surface area contributed by atoms with Gasteiger partial charge in [-0.3, -0.25) is 0 Å². The third-order valence-corrected chi connectivity index (χ3v) is 5.92. The van der Waals surface area contributed by atoms with Crippen LogP contribution in [-0.2, 0) is 16.1 Å². The van der Waals surface area contributed by atoms with Gasteiger partial charge in [0.15, 0.2) is 0 Å². The minimum absolute atomic E-state index is 0.220. The first-order valence-electron chi connectivity index (χ1n) is 12.3. The molecule has 0 aromatic heterocycles. The predicted molar refractivity (Wildman–Crippen MR) is 138 cm³/mol. The molecule has 180 valence electrons. The Hall–Kier alpha value is -2.95. The van der Waals surface area contributed by atoms with Crippen molar-refractivity contribution in [3.63, 3.8) is 0 Å². The standard InChI is InChI=1S/C30H36O4/c1-2-3-6-17-28(31)29(34-23-24-13-7-4-8-14-24)18-9-5-12-21-33-30(32)27-20-19-25-15-10-11-16-26(25)22-27/h4-5,7-8,10-16,19-20,22,28-29,31H,2-3,6,9,17-18,21,23H2,1H3/b12-5+/t28-,29+/m1/s1. The number of allylic oxidation sites excluding steroid dienone is 1. The fraction of sp³-hybridized carbons (Fsp3) is 0.367. The lowest BCUT2D eigenvalue weighted by Crippen LogP contribution is -2.29. The maximum Gasteiger partial charge on any atom is 0.338 e. The average Bonchev–Trinajstić information content (AvgIpc) is 2.88. The zero-order chi connectivity index (χ0) is 24.0. The summed E-state index contributed by atoms with van der Waals surface area (Å²) in [5.74, 6) is -0.328. The number of carbonyl (C=O) groups excluding carboxylic acids is 1. The Balaban J connectivity index is 1.44. The molecule has 4 nitrogen and oxygen atoms in total. The molecule has 0 unspecified atom stereocenters. The minimum atomic E-state index is -0.477. The van der Waals surface area contributed by atoms with Crippen molar-refractivity contribution in [2.24, 2.45) is 0 Å². The number of carbonyl (C=O) groups is 1. The first kappa shape index (κ1) is 25.7. The van der Waals surface area contributed by atoms with E-state index in [1.165, 1.54) is 0 Å². The number of aliphatic hydroxyl groups is 1. The number of aliphatic hydroxyl groups excluding tert-OH is 1. The smallest absolute Gasteiger partial charge is 0.338 e. The molecule has 0 aliphatic heterocycles. The van der Waals surface area contributed by atoms with Gasteiger partial charge >= 0.3 is 5.97 Å². The van der Waals surface area contributed by atoms with Gasteiger partial charge in [0.05, 0.1) is 24.4 Å². The summed E-state index contributed by atoms with van der Waals surface area (Å²) in [6.45, 7) is 2.87. The lowest BCUT2D eigenvalue weighted by molar-refractivity contribution is -0.0527. The summed E-state index contributed by atoms with van der Waals surface area (Å²) in [4.78, 5) is 12.4. The number of hydrogen-bond donors (Lipinski definition) is 1. The number of benzene rings is 3. The molecule has 0 bridgehead atoms. The summed E-state index contributed by atoms with van der Waals surface area (Å²) < 4.78 is 11.5. The maximum absolute atomic E-state index is 12.4. The van der Waals surface area contributed by atoms with Crippen LogP contribution in [0.3, 0.4) is 0 Å². The summed E-state index contributed by atoms with van der Waals surface area (Å²) >= 11 is 0. The van der Waals surface area contributed by atoms with Gasteiger partial charge in [0, 0.05) is 0 Å². The second-order valence-corrected chi connectivity index (χ2v) is 8.61. The maximum atomic E-state index is 12.4. The van der Waals surface area contributed by atoms with Gasteiger partial charge in [-0.1, -0.05) is 99.0 Å². The Kier molecular flexibility index (Phi) is 10.8. The van der Waals surface area contributed by atoms with Gasteiger partial charge in [0.2, 0.25) is 0 Å². The van der Waals surface area contributed by atoms with Gasteiger partial charge < -0.3 is 14.6 Å². The molecule has 3 aromatic carbocycles. The number of fused-ring (bicyclic) bond motifs is 1. The van der Waals surface area contributed by atoms with Gasteiger partial charge in [0.1, 0.15) is 6.61 Å². The van der Waals surface area contributed by atoms with Crippen molar-refractivity contribution in [2.75, 3.05) is 6.61 Å². The Morgan fingerprint density at radius 1 is 0.912 bits per heavy atom. The SMILES string of the molecule is CCCCC[C@@H](O)[C@H](CC/C=C/COC(=O)c1ccc2ccccc2c1)OCc1ccccc1. The highest BCUT2D eigenvalue weighted by Gasteiger charge is 2.19. The molecular weight excluding hydrogens is 424 g/mol. The molecular formula is C30H36O4. The van der Waals surface area contributed by atoms with Gasteiger partial charge in [-0.2, -0.15) is 0 Å². The predicted octanol–water partition coefficient (Wildman–Crippen LogP) is 6.86. The molecule has 0 aliphatic rings. The summed E-state index contributed by atoms with van der Waals surface area (Å²) in [5, 5.41) is 12.8. The normalized spacial score (nSPS) is 13.2. The third-order valence-electron chi connectivity index (χ3n) is 5.92. The molecule has 3 rings (SSSR count). The quantitative estimate of drug-likeness (QED) is 0.162. The van der Waals surface area contributed by atoms with Crippen molar-refractivity contribution in [1.82, 2.24) is 0 Å². The van der Waals surface area contributed by atoms with Crippen molar-refractivity contribution in [1.29, 1.82) is 0 Å². The second kappa shape index (κ2) is 14.3. The van der Waals surface area contributed by atoms with Crippen molar-refractivity contribution in [2.45, 2.75) is 64.3 Å². The zero-order valence-electron chi connectivity index (χ0n) is 20.1. The molecule has 3 aromatic rings. The monoisotopic (exact) mass is 460 g/mol. The topological polar surface area (TPSA) is 55.8 Å². The lowest BCUT2D eigenvalue weighted by atomic mass is 10.0. The van der Waals surface area contributed by atoms with Crippen LogP contribution in [0.4, 0.5) is 0 Å². The number of unbranched alkanes of at least 4 members (excludes halogenated alkanes) is 2. The van der Waals surface area contributed by atoms with Crippen LogP contribution < -0.4 is 0 Å². The molecule has 0 fully saturated rings. The Morgan fingerprint density at radius 3 is 2.47 bits per heavy atom. The fourth-order valence-electron chi connectivity index (χ4n) is 3.92. The molecule has 2 atom stereocenters.